The van der Waals surface area contributed by atoms with E-state index in [1.165, 1.54) is 0 Å². The monoisotopic (exact) mass is 508 g/mol. The number of likely N-dealkylation sites (tertiary alicyclic amines) is 1. The van der Waals surface area contributed by atoms with Gasteiger partial charge in [0.15, 0.2) is 5.96 Å². The molecule has 2 unspecified atom stereocenters. The lowest BCUT2D eigenvalue weighted by Crippen LogP contribution is -2.50. The van der Waals surface area contributed by atoms with Gasteiger partial charge in [0.05, 0.1) is 19.8 Å². The summed E-state index contributed by atoms with van der Waals surface area (Å²) < 4.78 is 10.7. The van der Waals surface area contributed by atoms with Crippen LogP contribution >= 0.6 is 24.0 Å². The van der Waals surface area contributed by atoms with Crippen molar-refractivity contribution in [3.63, 3.8) is 0 Å². The van der Waals surface area contributed by atoms with E-state index in [2.05, 4.69) is 47.1 Å². The van der Waals surface area contributed by atoms with Crippen LogP contribution in [0.2, 0.25) is 0 Å². The Hall–Kier alpha value is -0.640. The maximum atomic E-state index is 5.70. The highest BCUT2D eigenvalue weighted by molar-refractivity contribution is 14.0. The lowest BCUT2D eigenvalue weighted by Gasteiger charge is -2.34. The number of hydrogen-bond acceptors (Lipinski definition) is 4. The molecule has 164 valence electrons. The molecule has 0 radical (unpaired) electrons. The average molecular weight is 508 g/mol. The maximum Gasteiger partial charge on any atom is 0.193 e. The van der Waals surface area contributed by atoms with Crippen molar-refractivity contribution in [3.8, 4) is 0 Å². The lowest BCUT2D eigenvalue weighted by atomic mass is 10.0. The van der Waals surface area contributed by atoms with Gasteiger partial charge in [-0.25, -0.2) is 0 Å². The summed E-state index contributed by atoms with van der Waals surface area (Å²) >= 11 is 0. The standard InChI is InChI=1S/C21H40N4O2.HI/c1-7-10-24(11-8-2)20(18(3)4)15-23-21(22-5)25-12-9-19(16-25)17-27-14-13-26-6;/h7-8,18-20H,1-2,9-17H2,3-6H3,(H,22,23);1H. The second-order valence-electron chi connectivity index (χ2n) is 7.44. The molecule has 1 aliphatic heterocycles. The third-order valence-electron chi connectivity index (χ3n) is 5.02. The summed E-state index contributed by atoms with van der Waals surface area (Å²) in [6.07, 6.45) is 5.06. The van der Waals surface area contributed by atoms with E-state index in [1.54, 1.807) is 7.11 Å². The van der Waals surface area contributed by atoms with E-state index >= 15 is 0 Å². The highest BCUT2D eigenvalue weighted by Gasteiger charge is 2.26. The van der Waals surface area contributed by atoms with Gasteiger partial charge in [-0.15, -0.1) is 37.1 Å². The molecule has 7 heteroatoms. The molecule has 2 atom stereocenters. The predicted molar refractivity (Wildman–Crippen MR) is 130 cm³/mol. The molecule has 0 aliphatic carbocycles. The minimum atomic E-state index is 0. The van der Waals surface area contributed by atoms with Crippen LogP contribution in [0.25, 0.3) is 0 Å². The maximum absolute atomic E-state index is 5.70. The molecule has 0 saturated carbocycles. The molecule has 6 nitrogen and oxygen atoms in total. The number of aliphatic imine (C=N–C) groups is 1. The molecule has 1 rings (SSSR count). The van der Waals surface area contributed by atoms with Crippen LogP contribution in [0.3, 0.4) is 0 Å². The molecule has 0 amide bonds. The zero-order valence-electron chi connectivity index (χ0n) is 18.2. The van der Waals surface area contributed by atoms with E-state index in [-0.39, 0.29) is 24.0 Å². The van der Waals surface area contributed by atoms with Crippen LogP contribution in [0.1, 0.15) is 20.3 Å². The number of nitrogens with one attached hydrogen (secondary N) is 1. The van der Waals surface area contributed by atoms with E-state index in [4.69, 9.17) is 9.47 Å². The Morgan fingerprint density at radius 3 is 2.50 bits per heavy atom. The number of methoxy groups -OCH3 is 1. The Labute approximate surface area is 189 Å². The van der Waals surface area contributed by atoms with Crippen LogP contribution in [-0.4, -0.2) is 88.5 Å². The van der Waals surface area contributed by atoms with Crippen molar-refractivity contribution >= 4 is 29.9 Å². The molecule has 1 N–H and O–H groups in total. The summed E-state index contributed by atoms with van der Waals surface area (Å²) in [4.78, 5) is 9.25. The van der Waals surface area contributed by atoms with Crippen molar-refractivity contribution in [1.29, 1.82) is 0 Å². The third-order valence-corrected chi connectivity index (χ3v) is 5.02. The van der Waals surface area contributed by atoms with Crippen LogP contribution < -0.4 is 5.32 Å². The molecule has 0 aromatic heterocycles. The third kappa shape index (κ3) is 9.71. The van der Waals surface area contributed by atoms with Crippen LogP contribution in [0.15, 0.2) is 30.3 Å². The molecule has 0 spiro atoms. The molecule has 0 aromatic carbocycles. The highest BCUT2D eigenvalue weighted by atomic mass is 127. The Balaban J connectivity index is 0.00000729. The Morgan fingerprint density at radius 1 is 1.29 bits per heavy atom. The van der Waals surface area contributed by atoms with Gasteiger partial charge in [-0.3, -0.25) is 9.89 Å². The first-order valence-corrected chi connectivity index (χ1v) is 10.0. The molecule has 1 aliphatic rings. The first kappa shape index (κ1) is 27.4. The number of rotatable bonds is 13. The summed E-state index contributed by atoms with van der Waals surface area (Å²) in [7, 11) is 3.56. The van der Waals surface area contributed by atoms with E-state index in [0.717, 1.165) is 51.7 Å². The van der Waals surface area contributed by atoms with Crippen molar-refractivity contribution in [3.05, 3.63) is 25.3 Å². The summed E-state index contributed by atoms with van der Waals surface area (Å²) in [5.41, 5.74) is 0. The molecular weight excluding hydrogens is 467 g/mol. The Kier molecular flexibility index (Phi) is 15.8. The van der Waals surface area contributed by atoms with Crippen molar-refractivity contribution in [2.24, 2.45) is 16.8 Å². The zero-order valence-corrected chi connectivity index (χ0v) is 20.6. The minimum absolute atomic E-state index is 0. The van der Waals surface area contributed by atoms with Gasteiger partial charge >= 0.3 is 0 Å². The van der Waals surface area contributed by atoms with Gasteiger partial charge in [0.25, 0.3) is 0 Å². The van der Waals surface area contributed by atoms with Gasteiger partial charge in [-0.05, 0) is 12.3 Å². The Morgan fingerprint density at radius 2 is 1.96 bits per heavy atom. The smallest absolute Gasteiger partial charge is 0.193 e. The van der Waals surface area contributed by atoms with Gasteiger partial charge < -0.3 is 19.7 Å². The van der Waals surface area contributed by atoms with Gasteiger partial charge in [-0.2, -0.15) is 0 Å². The normalized spacial score (nSPS) is 18.3. The number of ether oxygens (including phenoxy) is 2. The summed E-state index contributed by atoms with van der Waals surface area (Å²) in [6, 6.07) is 0.397. The quantitative estimate of drug-likeness (QED) is 0.136. The molecule has 28 heavy (non-hydrogen) atoms. The van der Waals surface area contributed by atoms with Crippen LogP contribution in [0, 0.1) is 11.8 Å². The van der Waals surface area contributed by atoms with Gasteiger partial charge in [-0.1, -0.05) is 26.0 Å². The summed E-state index contributed by atoms with van der Waals surface area (Å²) in [5, 5.41) is 3.59. The van der Waals surface area contributed by atoms with Crippen LogP contribution in [-0.2, 0) is 9.47 Å². The molecular formula is C21H41IN4O2. The molecule has 1 heterocycles. The van der Waals surface area contributed by atoms with E-state index in [0.29, 0.717) is 31.1 Å². The number of hydrogen-bond donors (Lipinski definition) is 1. The molecule has 0 bridgehead atoms. The molecule has 0 aromatic rings. The summed E-state index contributed by atoms with van der Waals surface area (Å²) in [5.74, 6) is 2.06. The van der Waals surface area contributed by atoms with Gasteiger partial charge in [0.1, 0.15) is 0 Å². The first-order chi connectivity index (χ1) is 13.1. The largest absolute Gasteiger partial charge is 0.382 e. The SMILES string of the molecule is C=CCN(CC=C)C(CNC(=NC)N1CCC(COCCOC)C1)C(C)C.I. The first-order valence-electron chi connectivity index (χ1n) is 10.0. The number of halogens is 1. The van der Waals surface area contributed by atoms with E-state index in [1.807, 2.05) is 19.2 Å². The minimum Gasteiger partial charge on any atom is -0.382 e. The highest BCUT2D eigenvalue weighted by Crippen LogP contribution is 2.17. The average Bonchev–Trinajstić information content (AvgIpc) is 3.11. The molecule has 1 fully saturated rings. The van der Waals surface area contributed by atoms with Crippen LogP contribution in [0.4, 0.5) is 0 Å². The van der Waals surface area contributed by atoms with Crippen molar-refractivity contribution in [2.45, 2.75) is 26.3 Å². The Bertz CT molecular complexity index is 450. The topological polar surface area (TPSA) is 49.3 Å². The zero-order chi connectivity index (χ0) is 20.1. The van der Waals surface area contributed by atoms with Gasteiger partial charge in [0, 0.05) is 58.8 Å². The lowest BCUT2D eigenvalue weighted by molar-refractivity contribution is 0.0536. The predicted octanol–water partition coefficient (Wildman–Crippen LogP) is 2.86. The van der Waals surface area contributed by atoms with Crippen molar-refractivity contribution in [2.75, 3.05) is 66.7 Å². The second kappa shape index (κ2) is 16.2. The van der Waals surface area contributed by atoms with Crippen LogP contribution in [0.5, 0.6) is 0 Å². The van der Waals surface area contributed by atoms with E-state index in [9.17, 15) is 0 Å². The number of nitrogens with zero attached hydrogens (tertiary/aromatic N) is 3. The molecule has 1 saturated heterocycles. The van der Waals surface area contributed by atoms with Gasteiger partial charge in [0.2, 0.25) is 0 Å². The van der Waals surface area contributed by atoms with Crippen molar-refractivity contribution in [1.82, 2.24) is 15.1 Å². The fraction of sp³-hybridized carbons (Fsp3) is 0.762. The van der Waals surface area contributed by atoms with E-state index < -0.39 is 0 Å². The fourth-order valence-electron chi connectivity index (χ4n) is 3.54. The fourth-order valence-corrected chi connectivity index (χ4v) is 3.54. The second-order valence-corrected chi connectivity index (χ2v) is 7.44. The number of guanidine groups is 1. The summed E-state index contributed by atoms with van der Waals surface area (Å²) in [6.45, 7) is 19.0. The van der Waals surface area contributed by atoms with Crippen molar-refractivity contribution < 1.29 is 9.47 Å².